The number of fused-ring (bicyclic) bond motifs is 1. The maximum atomic E-state index is 12.5. The van der Waals surface area contributed by atoms with Gasteiger partial charge in [-0.3, -0.25) is 9.69 Å². The lowest BCUT2D eigenvalue weighted by Gasteiger charge is -2.47. The minimum atomic E-state index is 0.179. The van der Waals surface area contributed by atoms with E-state index in [-0.39, 0.29) is 5.91 Å². The van der Waals surface area contributed by atoms with Crippen LogP contribution in [0.2, 0.25) is 0 Å². The molecule has 1 fully saturated rings. The van der Waals surface area contributed by atoms with Crippen molar-refractivity contribution in [2.24, 2.45) is 0 Å². The fourth-order valence-corrected chi connectivity index (χ4v) is 3.74. The van der Waals surface area contributed by atoms with E-state index >= 15 is 0 Å². The van der Waals surface area contributed by atoms with Gasteiger partial charge in [0, 0.05) is 37.8 Å². The average molecular weight is 325 g/mol. The summed E-state index contributed by atoms with van der Waals surface area (Å²) in [6.07, 6.45) is 1.51. The number of hydrogen-bond donors (Lipinski definition) is 0. The fraction of sp³-hybridized carbons (Fsp3) is 0.474. The molecular formula is C19H23N3O2. The lowest BCUT2D eigenvalue weighted by molar-refractivity contribution is -0.138. The van der Waals surface area contributed by atoms with Crippen LogP contribution in [0.25, 0.3) is 0 Å². The van der Waals surface area contributed by atoms with E-state index in [0.29, 0.717) is 12.5 Å². The zero-order valence-electron chi connectivity index (χ0n) is 14.3. The summed E-state index contributed by atoms with van der Waals surface area (Å²) in [5.41, 5.74) is 4.67. The van der Waals surface area contributed by atoms with Crippen molar-refractivity contribution >= 4 is 5.91 Å². The van der Waals surface area contributed by atoms with Crippen LogP contribution in [-0.2, 0) is 24.2 Å². The van der Waals surface area contributed by atoms with Crippen molar-refractivity contribution in [3.8, 4) is 0 Å². The van der Waals surface area contributed by atoms with E-state index in [1.165, 1.54) is 11.1 Å². The third-order valence-corrected chi connectivity index (χ3v) is 5.40. The van der Waals surface area contributed by atoms with Crippen molar-refractivity contribution in [1.82, 2.24) is 15.0 Å². The fourth-order valence-electron chi connectivity index (χ4n) is 3.74. The lowest BCUT2D eigenvalue weighted by Crippen LogP contribution is -2.61. The zero-order valence-corrected chi connectivity index (χ0v) is 14.3. The third-order valence-electron chi connectivity index (χ3n) is 5.40. The summed E-state index contributed by atoms with van der Waals surface area (Å²) in [7, 11) is 0. The maximum Gasteiger partial charge on any atom is 0.227 e. The summed E-state index contributed by atoms with van der Waals surface area (Å²) in [6, 6.07) is 9.18. The first-order valence-corrected chi connectivity index (χ1v) is 8.62. The predicted molar refractivity (Wildman–Crippen MR) is 90.6 cm³/mol. The van der Waals surface area contributed by atoms with Gasteiger partial charge in [-0.1, -0.05) is 29.4 Å². The molecule has 2 aromatic rings. The molecule has 2 aliphatic rings. The van der Waals surface area contributed by atoms with E-state index in [1.807, 2.05) is 18.7 Å². The zero-order chi connectivity index (χ0) is 16.7. The number of hydrogen-bond acceptors (Lipinski definition) is 4. The summed E-state index contributed by atoms with van der Waals surface area (Å²) >= 11 is 0. The molecule has 0 aliphatic carbocycles. The molecule has 1 amide bonds. The topological polar surface area (TPSA) is 49.6 Å². The number of amides is 1. The second-order valence-electron chi connectivity index (χ2n) is 6.92. The Morgan fingerprint density at radius 2 is 2.00 bits per heavy atom. The van der Waals surface area contributed by atoms with Crippen LogP contribution in [0.1, 0.15) is 28.1 Å². The summed E-state index contributed by atoms with van der Waals surface area (Å²) in [5.74, 6) is 0.934. The summed E-state index contributed by atoms with van der Waals surface area (Å²) < 4.78 is 5.15. The van der Waals surface area contributed by atoms with Crippen molar-refractivity contribution in [2.75, 3.05) is 19.6 Å². The molecule has 3 heterocycles. The average Bonchev–Trinajstić information content (AvgIpc) is 2.85. The molecule has 5 heteroatoms. The Morgan fingerprint density at radius 3 is 2.71 bits per heavy atom. The van der Waals surface area contributed by atoms with E-state index in [0.717, 1.165) is 49.6 Å². The number of benzene rings is 1. The Kier molecular flexibility index (Phi) is 3.88. The molecule has 1 saturated heterocycles. The lowest BCUT2D eigenvalue weighted by atomic mass is 9.96. The van der Waals surface area contributed by atoms with Crippen LogP contribution in [0.3, 0.4) is 0 Å². The van der Waals surface area contributed by atoms with Crippen molar-refractivity contribution in [1.29, 1.82) is 0 Å². The van der Waals surface area contributed by atoms with E-state index in [9.17, 15) is 4.79 Å². The monoisotopic (exact) mass is 325 g/mol. The third kappa shape index (κ3) is 2.73. The number of carbonyl (C=O) groups excluding carboxylic acids is 1. The molecule has 126 valence electrons. The minimum Gasteiger partial charge on any atom is -0.361 e. The first-order valence-electron chi connectivity index (χ1n) is 8.62. The molecule has 0 saturated carbocycles. The van der Waals surface area contributed by atoms with Gasteiger partial charge in [0.25, 0.3) is 0 Å². The van der Waals surface area contributed by atoms with Crippen molar-refractivity contribution in [3.05, 3.63) is 52.4 Å². The molecule has 24 heavy (non-hydrogen) atoms. The van der Waals surface area contributed by atoms with Gasteiger partial charge in [0.15, 0.2) is 0 Å². The highest BCUT2D eigenvalue weighted by Crippen LogP contribution is 2.25. The van der Waals surface area contributed by atoms with Gasteiger partial charge in [-0.2, -0.15) is 0 Å². The van der Waals surface area contributed by atoms with Gasteiger partial charge in [0.05, 0.1) is 12.1 Å². The van der Waals surface area contributed by atoms with Crippen molar-refractivity contribution in [2.45, 2.75) is 39.3 Å². The number of aryl methyl sites for hydroxylation is 2. The van der Waals surface area contributed by atoms with Crippen LogP contribution in [0.4, 0.5) is 0 Å². The second-order valence-corrected chi connectivity index (χ2v) is 6.92. The van der Waals surface area contributed by atoms with Gasteiger partial charge in [-0.05, 0) is 31.4 Å². The molecule has 4 rings (SSSR count). The molecule has 0 radical (unpaired) electrons. The minimum absolute atomic E-state index is 0.179. The Bertz CT molecular complexity index is 742. The number of likely N-dealkylation sites (tertiary alicyclic amines) is 1. The summed E-state index contributed by atoms with van der Waals surface area (Å²) in [5, 5.41) is 3.93. The summed E-state index contributed by atoms with van der Waals surface area (Å²) in [6.45, 7) is 7.53. The quantitative estimate of drug-likeness (QED) is 0.867. The number of aromatic nitrogens is 1. The van der Waals surface area contributed by atoms with Crippen molar-refractivity contribution < 1.29 is 9.32 Å². The predicted octanol–water partition coefficient (Wildman–Crippen LogP) is 2.10. The number of rotatable bonds is 3. The summed E-state index contributed by atoms with van der Waals surface area (Å²) in [4.78, 5) is 16.9. The van der Waals surface area contributed by atoms with Crippen LogP contribution in [0.15, 0.2) is 28.8 Å². The largest absolute Gasteiger partial charge is 0.361 e. The Labute approximate surface area is 142 Å². The Balaban J connectivity index is 1.33. The van der Waals surface area contributed by atoms with Gasteiger partial charge in [-0.15, -0.1) is 0 Å². The van der Waals surface area contributed by atoms with Crippen LogP contribution in [0, 0.1) is 13.8 Å². The van der Waals surface area contributed by atoms with Crippen molar-refractivity contribution in [3.63, 3.8) is 0 Å². The SMILES string of the molecule is Cc1noc(C)c1CC(=O)N1CC(N2CCc3ccccc3C2)C1. The molecule has 0 bridgehead atoms. The van der Waals surface area contributed by atoms with E-state index in [4.69, 9.17) is 4.52 Å². The van der Waals surface area contributed by atoms with Gasteiger partial charge >= 0.3 is 0 Å². The van der Waals surface area contributed by atoms with E-state index in [2.05, 4.69) is 34.3 Å². The van der Waals surface area contributed by atoms with Gasteiger partial charge < -0.3 is 9.42 Å². The molecule has 0 atom stereocenters. The van der Waals surface area contributed by atoms with Crippen LogP contribution in [-0.4, -0.2) is 46.5 Å². The van der Waals surface area contributed by atoms with Gasteiger partial charge in [0.2, 0.25) is 5.91 Å². The standard InChI is InChI=1S/C19H23N3O2/c1-13-18(14(2)24-20-13)9-19(23)22-11-17(12-22)21-8-7-15-5-3-4-6-16(15)10-21/h3-6,17H,7-12H2,1-2H3. The highest BCUT2D eigenvalue weighted by atomic mass is 16.5. The smallest absolute Gasteiger partial charge is 0.227 e. The second kappa shape index (κ2) is 6.06. The van der Waals surface area contributed by atoms with E-state index in [1.54, 1.807) is 0 Å². The molecule has 0 spiro atoms. The number of carbonyl (C=O) groups is 1. The Morgan fingerprint density at radius 1 is 1.25 bits per heavy atom. The van der Waals surface area contributed by atoms with Crippen LogP contribution < -0.4 is 0 Å². The van der Waals surface area contributed by atoms with Gasteiger partial charge in [0.1, 0.15) is 5.76 Å². The molecule has 5 nitrogen and oxygen atoms in total. The van der Waals surface area contributed by atoms with E-state index < -0.39 is 0 Å². The normalized spacial score (nSPS) is 18.3. The Hall–Kier alpha value is -2.14. The molecular weight excluding hydrogens is 302 g/mol. The highest BCUT2D eigenvalue weighted by Gasteiger charge is 2.36. The first-order chi connectivity index (χ1) is 11.6. The van der Waals surface area contributed by atoms with Gasteiger partial charge in [-0.25, -0.2) is 0 Å². The number of nitrogens with zero attached hydrogens (tertiary/aromatic N) is 3. The maximum absolute atomic E-state index is 12.5. The first kappa shape index (κ1) is 15.4. The molecule has 0 N–H and O–H groups in total. The molecule has 0 unspecified atom stereocenters. The highest BCUT2D eigenvalue weighted by molar-refractivity contribution is 5.80. The molecule has 1 aromatic heterocycles. The molecule has 1 aromatic carbocycles. The van der Waals surface area contributed by atoms with Crippen LogP contribution >= 0.6 is 0 Å². The van der Waals surface area contributed by atoms with Crippen LogP contribution in [0.5, 0.6) is 0 Å². The molecule has 2 aliphatic heterocycles.